The van der Waals surface area contributed by atoms with Crippen LogP contribution in [0.2, 0.25) is 0 Å². The largest absolute Gasteiger partial charge is 0.401 e. The second kappa shape index (κ2) is 5.57. The molecule has 5 heteroatoms. The number of rotatable bonds is 3. The Kier molecular flexibility index (Phi) is 4.65. The minimum Gasteiger partial charge on any atom is -0.386 e. The number of allylic oxidation sites excluding steroid dienone is 2. The van der Waals surface area contributed by atoms with Gasteiger partial charge in [-0.2, -0.15) is 13.2 Å². The first-order valence-corrected chi connectivity index (χ1v) is 5.59. The number of piperidine rings is 1. The van der Waals surface area contributed by atoms with E-state index in [1.807, 2.05) is 19.9 Å². The van der Waals surface area contributed by atoms with Crippen LogP contribution in [0.5, 0.6) is 0 Å². The Morgan fingerprint density at radius 2 is 1.94 bits per heavy atom. The Morgan fingerprint density at radius 1 is 1.38 bits per heavy atom. The van der Waals surface area contributed by atoms with Gasteiger partial charge in [0.15, 0.2) is 0 Å². The summed E-state index contributed by atoms with van der Waals surface area (Å²) in [5, 5.41) is 3.31. The van der Waals surface area contributed by atoms with Gasteiger partial charge in [-0.1, -0.05) is 6.08 Å². The van der Waals surface area contributed by atoms with Crippen LogP contribution in [0.3, 0.4) is 0 Å². The highest BCUT2D eigenvalue weighted by Crippen LogP contribution is 2.20. The lowest BCUT2D eigenvalue weighted by Crippen LogP contribution is -2.45. The number of halogens is 3. The monoisotopic (exact) mass is 236 g/mol. The third-order valence-electron chi connectivity index (χ3n) is 2.86. The van der Waals surface area contributed by atoms with Gasteiger partial charge < -0.3 is 5.32 Å². The summed E-state index contributed by atoms with van der Waals surface area (Å²) in [4.78, 5) is 1.48. The molecule has 0 radical (unpaired) electrons. The van der Waals surface area contributed by atoms with Crippen molar-refractivity contribution >= 4 is 0 Å². The Morgan fingerprint density at radius 3 is 2.38 bits per heavy atom. The highest BCUT2D eigenvalue weighted by Gasteiger charge is 2.32. The lowest BCUT2D eigenvalue weighted by molar-refractivity contribution is -0.148. The first-order chi connectivity index (χ1) is 7.40. The number of hydrogen-bond donors (Lipinski definition) is 1. The van der Waals surface area contributed by atoms with E-state index in [4.69, 9.17) is 0 Å². The second-order valence-electron chi connectivity index (χ2n) is 4.28. The molecule has 0 amide bonds. The maximum absolute atomic E-state index is 12.1. The van der Waals surface area contributed by atoms with Crippen molar-refractivity contribution in [1.82, 2.24) is 10.2 Å². The summed E-state index contributed by atoms with van der Waals surface area (Å²) in [6.07, 6.45) is -0.538. The fourth-order valence-electron chi connectivity index (χ4n) is 1.89. The minimum atomic E-state index is -4.07. The number of alkyl halides is 3. The summed E-state index contributed by atoms with van der Waals surface area (Å²) in [7, 11) is 0. The first-order valence-electron chi connectivity index (χ1n) is 5.59. The summed E-state index contributed by atoms with van der Waals surface area (Å²) < 4.78 is 36.4. The molecule has 1 fully saturated rings. The number of likely N-dealkylation sites (tertiary alicyclic amines) is 1. The van der Waals surface area contributed by atoms with E-state index in [1.54, 1.807) is 0 Å². The SMILES string of the molecule is C/C=C(\C)NC1CCN(CC(F)(F)F)CC1. The van der Waals surface area contributed by atoms with Crippen LogP contribution in [0.4, 0.5) is 13.2 Å². The van der Waals surface area contributed by atoms with Gasteiger partial charge in [-0.15, -0.1) is 0 Å². The van der Waals surface area contributed by atoms with Crippen LogP contribution < -0.4 is 5.32 Å². The van der Waals surface area contributed by atoms with Crippen molar-refractivity contribution in [3.05, 3.63) is 11.8 Å². The first kappa shape index (κ1) is 13.4. The van der Waals surface area contributed by atoms with Crippen molar-refractivity contribution in [3.8, 4) is 0 Å². The van der Waals surface area contributed by atoms with Crippen LogP contribution in [0.15, 0.2) is 11.8 Å². The Hall–Kier alpha value is -0.710. The normalized spacial score (nSPS) is 21.2. The lowest BCUT2D eigenvalue weighted by atomic mass is 10.0. The third-order valence-corrected chi connectivity index (χ3v) is 2.86. The molecule has 16 heavy (non-hydrogen) atoms. The van der Waals surface area contributed by atoms with Crippen LogP contribution in [0.25, 0.3) is 0 Å². The van der Waals surface area contributed by atoms with Crippen molar-refractivity contribution in [3.63, 3.8) is 0 Å². The number of nitrogens with zero attached hydrogens (tertiary/aromatic N) is 1. The summed E-state index contributed by atoms with van der Waals surface area (Å²) >= 11 is 0. The van der Waals surface area contributed by atoms with Gasteiger partial charge in [0.05, 0.1) is 6.54 Å². The molecule has 1 aliphatic rings. The Bertz CT molecular complexity index is 240. The predicted molar refractivity (Wildman–Crippen MR) is 58.1 cm³/mol. The molecule has 0 spiro atoms. The van der Waals surface area contributed by atoms with Gasteiger partial charge in [-0.25, -0.2) is 0 Å². The fourth-order valence-corrected chi connectivity index (χ4v) is 1.89. The zero-order valence-electron chi connectivity index (χ0n) is 9.77. The second-order valence-corrected chi connectivity index (χ2v) is 4.28. The van der Waals surface area contributed by atoms with Crippen molar-refractivity contribution in [1.29, 1.82) is 0 Å². The zero-order chi connectivity index (χ0) is 12.2. The molecular weight excluding hydrogens is 217 g/mol. The molecule has 1 N–H and O–H groups in total. The molecule has 1 aliphatic heterocycles. The maximum Gasteiger partial charge on any atom is 0.401 e. The van der Waals surface area contributed by atoms with E-state index in [9.17, 15) is 13.2 Å². The third kappa shape index (κ3) is 4.88. The van der Waals surface area contributed by atoms with Crippen molar-refractivity contribution < 1.29 is 13.2 Å². The molecule has 0 aliphatic carbocycles. The van der Waals surface area contributed by atoms with Gasteiger partial charge >= 0.3 is 6.18 Å². The Labute approximate surface area is 94.5 Å². The molecule has 1 heterocycles. The fraction of sp³-hybridized carbons (Fsp3) is 0.818. The molecule has 0 saturated carbocycles. The average molecular weight is 236 g/mol. The van der Waals surface area contributed by atoms with Gasteiger partial charge in [0.2, 0.25) is 0 Å². The van der Waals surface area contributed by atoms with E-state index in [0.717, 1.165) is 18.5 Å². The molecule has 0 bridgehead atoms. The van der Waals surface area contributed by atoms with Gasteiger partial charge in [0, 0.05) is 24.8 Å². The van der Waals surface area contributed by atoms with Crippen LogP contribution in [0.1, 0.15) is 26.7 Å². The van der Waals surface area contributed by atoms with Gasteiger partial charge in [-0.05, 0) is 26.7 Å². The highest BCUT2D eigenvalue weighted by atomic mass is 19.4. The summed E-state index contributed by atoms with van der Waals surface area (Å²) in [5.41, 5.74) is 1.09. The van der Waals surface area contributed by atoms with Crippen LogP contribution in [0, 0.1) is 0 Å². The van der Waals surface area contributed by atoms with Crippen molar-refractivity contribution in [2.75, 3.05) is 19.6 Å². The minimum absolute atomic E-state index is 0.320. The standard InChI is InChI=1S/C11H19F3N2/c1-3-9(2)15-10-4-6-16(7-5-10)8-11(12,13)14/h3,10,15H,4-8H2,1-2H3/b9-3+. The van der Waals surface area contributed by atoms with Gasteiger partial charge in [0.1, 0.15) is 0 Å². The van der Waals surface area contributed by atoms with Crippen molar-refractivity contribution in [2.24, 2.45) is 0 Å². The summed E-state index contributed by atoms with van der Waals surface area (Å²) in [6, 6.07) is 0.320. The average Bonchev–Trinajstić information content (AvgIpc) is 2.18. The highest BCUT2D eigenvalue weighted by molar-refractivity contribution is 4.96. The quantitative estimate of drug-likeness (QED) is 0.810. The number of hydrogen-bond acceptors (Lipinski definition) is 2. The lowest BCUT2D eigenvalue weighted by Gasteiger charge is -2.33. The van der Waals surface area contributed by atoms with E-state index >= 15 is 0 Å². The summed E-state index contributed by atoms with van der Waals surface area (Å²) in [5.74, 6) is 0. The molecule has 0 aromatic heterocycles. The predicted octanol–water partition coefficient (Wildman–Crippen LogP) is 2.53. The molecule has 0 aromatic rings. The van der Waals surface area contributed by atoms with Crippen LogP contribution in [-0.4, -0.2) is 36.8 Å². The smallest absolute Gasteiger partial charge is 0.386 e. The van der Waals surface area contributed by atoms with Crippen LogP contribution >= 0.6 is 0 Å². The van der Waals surface area contributed by atoms with Gasteiger partial charge in [0.25, 0.3) is 0 Å². The molecule has 1 saturated heterocycles. The molecule has 94 valence electrons. The molecule has 0 aromatic carbocycles. The molecule has 0 atom stereocenters. The Balaban J connectivity index is 2.29. The van der Waals surface area contributed by atoms with Crippen molar-refractivity contribution in [2.45, 2.75) is 38.9 Å². The van der Waals surface area contributed by atoms with E-state index in [2.05, 4.69) is 5.32 Å². The van der Waals surface area contributed by atoms with Gasteiger partial charge in [-0.3, -0.25) is 4.90 Å². The number of nitrogens with one attached hydrogen (secondary N) is 1. The molecule has 0 unspecified atom stereocenters. The van der Waals surface area contributed by atoms with E-state index in [0.29, 0.717) is 19.1 Å². The van der Waals surface area contributed by atoms with Crippen LogP contribution in [-0.2, 0) is 0 Å². The van der Waals surface area contributed by atoms with E-state index in [1.165, 1.54) is 4.90 Å². The molecular formula is C11H19F3N2. The zero-order valence-corrected chi connectivity index (χ0v) is 9.77. The topological polar surface area (TPSA) is 15.3 Å². The molecule has 2 nitrogen and oxygen atoms in total. The maximum atomic E-state index is 12.1. The van der Waals surface area contributed by atoms with E-state index < -0.39 is 12.7 Å². The summed E-state index contributed by atoms with van der Waals surface area (Å²) in [6.45, 7) is 4.19. The molecule has 1 rings (SSSR count). The van der Waals surface area contributed by atoms with E-state index in [-0.39, 0.29) is 0 Å².